The normalized spacial score (nSPS) is 9.05. The summed E-state index contributed by atoms with van der Waals surface area (Å²) in [6, 6.07) is 7.50. The smallest absolute Gasteiger partial charge is 0.101 e. The first kappa shape index (κ1) is 15.5. The van der Waals surface area contributed by atoms with Crippen molar-refractivity contribution in [2.75, 3.05) is 0 Å². The van der Waals surface area contributed by atoms with Gasteiger partial charge in [0.25, 0.3) is 0 Å². The Bertz CT molecular complexity index is 580. The van der Waals surface area contributed by atoms with Crippen LogP contribution < -0.4 is 0 Å². The van der Waals surface area contributed by atoms with Crippen molar-refractivity contribution < 1.29 is 0 Å². The first-order valence-corrected chi connectivity index (χ1v) is 7.43. The van der Waals surface area contributed by atoms with E-state index < -0.39 is 0 Å². The third-order valence-electron chi connectivity index (χ3n) is 2.73. The largest absolute Gasteiger partial charge is 0.192 e. The van der Waals surface area contributed by atoms with Crippen LogP contribution in [-0.4, -0.2) is 0 Å². The van der Waals surface area contributed by atoms with Crippen molar-refractivity contribution in [3.8, 4) is 24.0 Å². The minimum absolute atomic E-state index is 0.401. The van der Waals surface area contributed by atoms with Crippen molar-refractivity contribution in [3.63, 3.8) is 0 Å². The van der Waals surface area contributed by atoms with E-state index in [2.05, 4.69) is 41.4 Å². The van der Waals surface area contributed by atoms with Crippen molar-refractivity contribution in [1.82, 2.24) is 0 Å². The standard InChI is InChI=1S/C16H15IN2/c1-2-3-4-5-6-7-8-13-9-14(11-18)15(12-19)10-16(13)17/h9-10H,2-6H2,1H3. The highest BCUT2D eigenvalue weighted by Crippen LogP contribution is 2.17. The van der Waals surface area contributed by atoms with Crippen LogP contribution in [0.15, 0.2) is 12.1 Å². The van der Waals surface area contributed by atoms with Crippen LogP contribution >= 0.6 is 22.6 Å². The molecule has 0 radical (unpaired) electrons. The lowest BCUT2D eigenvalue weighted by Gasteiger charge is -1.99. The van der Waals surface area contributed by atoms with Gasteiger partial charge in [0, 0.05) is 15.6 Å². The Kier molecular flexibility index (Phi) is 7.01. The van der Waals surface area contributed by atoms with E-state index in [0.29, 0.717) is 11.1 Å². The van der Waals surface area contributed by atoms with Crippen LogP contribution in [-0.2, 0) is 0 Å². The fourth-order valence-corrected chi connectivity index (χ4v) is 2.25. The van der Waals surface area contributed by atoms with Crippen LogP contribution in [0.5, 0.6) is 0 Å². The van der Waals surface area contributed by atoms with Gasteiger partial charge in [0.1, 0.15) is 12.1 Å². The van der Waals surface area contributed by atoms with Gasteiger partial charge in [0.05, 0.1) is 11.1 Å². The molecule has 0 unspecified atom stereocenters. The van der Waals surface area contributed by atoms with E-state index in [1.165, 1.54) is 19.3 Å². The van der Waals surface area contributed by atoms with Gasteiger partial charge in [-0.2, -0.15) is 10.5 Å². The van der Waals surface area contributed by atoms with Crippen LogP contribution in [0.3, 0.4) is 0 Å². The molecule has 0 N–H and O–H groups in total. The zero-order valence-electron chi connectivity index (χ0n) is 11.0. The summed E-state index contributed by atoms with van der Waals surface area (Å²) in [7, 11) is 0. The van der Waals surface area contributed by atoms with Gasteiger partial charge in [-0.25, -0.2) is 0 Å². The van der Waals surface area contributed by atoms with Crippen molar-refractivity contribution in [1.29, 1.82) is 10.5 Å². The molecule has 3 heteroatoms. The van der Waals surface area contributed by atoms with Gasteiger partial charge in [-0.3, -0.25) is 0 Å². The Balaban J connectivity index is 2.78. The van der Waals surface area contributed by atoms with E-state index in [1.807, 2.05) is 12.1 Å². The van der Waals surface area contributed by atoms with Gasteiger partial charge in [-0.15, -0.1) is 0 Å². The summed E-state index contributed by atoms with van der Waals surface area (Å²) in [5.74, 6) is 6.24. The lowest BCUT2D eigenvalue weighted by atomic mass is 10.1. The zero-order valence-corrected chi connectivity index (χ0v) is 13.1. The van der Waals surface area contributed by atoms with Crippen LogP contribution in [0, 0.1) is 38.1 Å². The summed E-state index contributed by atoms with van der Waals surface area (Å²) >= 11 is 2.15. The molecule has 0 aliphatic carbocycles. The summed E-state index contributed by atoms with van der Waals surface area (Å²) < 4.78 is 0.925. The van der Waals surface area contributed by atoms with Gasteiger partial charge in [-0.05, 0) is 41.1 Å². The predicted molar refractivity (Wildman–Crippen MR) is 84.2 cm³/mol. The predicted octanol–water partition coefficient (Wildman–Crippen LogP) is 4.36. The molecule has 0 saturated heterocycles. The molecular weight excluding hydrogens is 347 g/mol. The number of halogens is 1. The van der Waals surface area contributed by atoms with E-state index in [0.717, 1.165) is 22.0 Å². The second-order valence-electron chi connectivity index (χ2n) is 4.21. The maximum absolute atomic E-state index is 8.98. The highest BCUT2D eigenvalue weighted by atomic mass is 127. The molecule has 1 aromatic rings. The molecular formula is C16H15IN2. The monoisotopic (exact) mass is 362 g/mol. The Morgan fingerprint density at radius 3 is 2.32 bits per heavy atom. The van der Waals surface area contributed by atoms with E-state index in [4.69, 9.17) is 10.5 Å². The second kappa shape index (κ2) is 8.57. The maximum atomic E-state index is 8.98. The molecule has 0 bridgehead atoms. The number of hydrogen-bond donors (Lipinski definition) is 0. The molecule has 0 saturated carbocycles. The molecule has 96 valence electrons. The van der Waals surface area contributed by atoms with Crippen LogP contribution in [0.1, 0.15) is 55.7 Å². The van der Waals surface area contributed by atoms with Crippen molar-refractivity contribution in [2.24, 2.45) is 0 Å². The van der Waals surface area contributed by atoms with E-state index in [9.17, 15) is 0 Å². The Hall–Kier alpha value is -1.51. The van der Waals surface area contributed by atoms with Crippen LogP contribution in [0.2, 0.25) is 0 Å². The summed E-state index contributed by atoms with van der Waals surface area (Å²) in [5, 5.41) is 17.9. The SMILES string of the molecule is CCCCCCC#Cc1cc(C#N)c(C#N)cc1I. The summed E-state index contributed by atoms with van der Waals surface area (Å²) in [4.78, 5) is 0. The molecule has 2 nitrogen and oxygen atoms in total. The third-order valence-corrected chi connectivity index (χ3v) is 3.62. The fraction of sp³-hybridized carbons (Fsp3) is 0.375. The molecule has 0 spiro atoms. The number of rotatable bonds is 4. The first-order chi connectivity index (χ1) is 9.22. The highest BCUT2D eigenvalue weighted by molar-refractivity contribution is 14.1. The van der Waals surface area contributed by atoms with Crippen LogP contribution in [0.4, 0.5) is 0 Å². The Labute approximate surface area is 128 Å². The van der Waals surface area contributed by atoms with Gasteiger partial charge < -0.3 is 0 Å². The summed E-state index contributed by atoms with van der Waals surface area (Å²) in [6.07, 6.45) is 5.72. The summed E-state index contributed by atoms with van der Waals surface area (Å²) in [5.41, 5.74) is 1.66. The molecule has 1 aromatic carbocycles. The molecule has 0 heterocycles. The average molecular weight is 362 g/mol. The quantitative estimate of drug-likeness (QED) is 0.454. The minimum Gasteiger partial charge on any atom is -0.192 e. The second-order valence-corrected chi connectivity index (χ2v) is 5.38. The number of hydrogen-bond acceptors (Lipinski definition) is 2. The highest BCUT2D eigenvalue weighted by Gasteiger charge is 2.06. The number of nitriles is 2. The molecule has 19 heavy (non-hydrogen) atoms. The minimum atomic E-state index is 0.401. The summed E-state index contributed by atoms with van der Waals surface area (Å²) in [6.45, 7) is 2.19. The zero-order chi connectivity index (χ0) is 14.1. The molecule has 0 atom stereocenters. The van der Waals surface area contributed by atoms with Crippen molar-refractivity contribution >= 4 is 22.6 Å². The molecule has 0 aliphatic rings. The van der Waals surface area contributed by atoms with Gasteiger partial charge in [0.2, 0.25) is 0 Å². The number of benzene rings is 1. The van der Waals surface area contributed by atoms with Gasteiger partial charge in [-0.1, -0.05) is 38.0 Å². The number of unbranched alkanes of at least 4 members (excludes halogenated alkanes) is 4. The Morgan fingerprint density at radius 2 is 1.68 bits per heavy atom. The molecule has 0 aromatic heterocycles. The first-order valence-electron chi connectivity index (χ1n) is 6.35. The van der Waals surface area contributed by atoms with Crippen molar-refractivity contribution in [3.05, 3.63) is 32.4 Å². The van der Waals surface area contributed by atoms with E-state index in [-0.39, 0.29) is 0 Å². The molecule has 0 amide bonds. The topological polar surface area (TPSA) is 47.6 Å². The fourth-order valence-electron chi connectivity index (χ4n) is 1.65. The van der Waals surface area contributed by atoms with Crippen LogP contribution in [0.25, 0.3) is 0 Å². The van der Waals surface area contributed by atoms with Gasteiger partial charge in [0.15, 0.2) is 0 Å². The lowest BCUT2D eigenvalue weighted by molar-refractivity contribution is 0.679. The van der Waals surface area contributed by atoms with Gasteiger partial charge >= 0.3 is 0 Å². The van der Waals surface area contributed by atoms with E-state index in [1.54, 1.807) is 12.1 Å². The lowest BCUT2D eigenvalue weighted by Crippen LogP contribution is -1.90. The Morgan fingerprint density at radius 1 is 1.00 bits per heavy atom. The van der Waals surface area contributed by atoms with Crippen molar-refractivity contribution in [2.45, 2.75) is 39.0 Å². The third kappa shape index (κ3) is 4.93. The maximum Gasteiger partial charge on any atom is 0.101 e. The average Bonchev–Trinajstić information content (AvgIpc) is 2.43. The number of nitrogens with zero attached hydrogens (tertiary/aromatic N) is 2. The molecule has 1 rings (SSSR count). The van der Waals surface area contributed by atoms with E-state index >= 15 is 0 Å². The molecule has 0 aliphatic heterocycles. The molecule has 0 fully saturated rings.